The molecule has 0 aliphatic heterocycles. The fourth-order valence-corrected chi connectivity index (χ4v) is 4.78. The Hall–Kier alpha value is -2.99. The van der Waals surface area contributed by atoms with Crippen LogP contribution >= 0.6 is 11.3 Å². The zero-order valence-corrected chi connectivity index (χ0v) is 23.2. The van der Waals surface area contributed by atoms with E-state index in [2.05, 4.69) is 53.6 Å². The zero-order valence-electron chi connectivity index (χ0n) is 22.4. The SMILES string of the molecule is CCCCCCCOc1ccc(-c2nnc(NC(=O)C=Cc3ccc(CCCCCCC)cc3)s2)cc1. The zero-order chi connectivity index (χ0) is 26.1. The second-order valence-electron chi connectivity index (χ2n) is 9.43. The van der Waals surface area contributed by atoms with Crippen LogP contribution in [0, 0.1) is 0 Å². The molecule has 198 valence electrons. The van der Waals surface area contributed by atoms with E-state index in [0.29, 0.717) is 5.13 Å². The van der Waals surface area contributed by atoms with E-state index in [0.717, 1.165) is 41.3 Å². The maximum Gasteiger partial charge on any atom is 0.250 e. The highest BCUT2D eigenvalue weighted by Crippen LogP contribution is 2.28. The minimum absolute atomic E-state index is 0.217. The summed E-state index contributed by atoms with van der Waals surface area (Å²) >= 11 is 1.36. The Morgan fingerprint density at radius 2 is 1.51 bits per heavy atom. The van der Waals surface area contributed by atoms with E-state index in [4.69, 9.17) is 4.74 Å². The smallest absolute Gasteiger partial charge is 0.250 e. The number of ether oxygens (including phenoxy) is 1. The summed E-state index contributed by atoms with van der Waals surface area (Å²) in [5, 5.41) is 12.4. The average Bonchev–Trinajstić information content (AvgIpc) is 3.38. The van der Waals surface area contributed by atoms with Crippen molar-refractivity contribution < 1.29 is 9.53 Å². The molecule has 37 heavy (non-hydrogen) atoms. The number of benzene rings is 2. The predicted molar refractivity (Wildman–Crippen MR) is 156 cm³/mol. The molecule has 3 aromatic rings. The van der Waals surface area contributed by atoms with Crippen LogP contribution in [0.5, 0.6) is 5.75 Å². The summed E-state index contributed by atoms with van der Waals surface area (Å²) in [5.74, 6) is 0.646. The Bertz CT molecular complexity index is 1070. The number of carbonyl (C=O) groups excluding carboxylic acids is 1. The highest BCUT2D eigenvalue weighted by Gasteiger charge is 2.09. The Morgan fingerprint density at radius 1 is 0.838 bits per heavy atom. The van der Waals surface area contributed by atoms with Gasteiger partial charge in [-0.2, -0.15) is 0 Å². The van der Waals surface area contributed by atoms with Crippen LogP contribution in [0.3, 0.4) is 0 Å². The lowest BCUT2D eigenvalue weighted by Crippen LogP contribution is -2.07. The van der Waals surface area contributed by atoms with Crippen molar-refractivity contribution in [3.63, 3.8) is 0 Å². The van der Waals surface area contributed by atoms with Crippen LogP contribution in [0.1, 0.15) is 89.2 Å². The molecule has 1 heterocycles. The van der Waals surface area contributed by atoms with Crippen molar-refractivity contribution in [1.29, 1.82) is 0 Å². The van der Waals surface area contributed by atoms with Crippen LogP contribution in [0.25, 0.3) is 16.6 Å². The van der Waals surface area contributed by atoms with Crippen molar-refractivity contribution in [2.24, 2.45) is 0 Å². The van der Waals surface area contributed by atoms with Gasteiger partial charge in [0.2, 0.25) is 11.0 Å². The number of nitrogens with one attached hydrogen (secondary N) is 1. The maximum atomic E-state index is 12.4. The Morgan fingerprint density at radius 3 is 2.22 bits per heavy atom. The molecule has 1 aromatic heterocycles. The summed E-state index contributed by atoms with van der Waals surface area (Å²) in [4.78, 5) is 12.4. The third-order valence-corrected chi connectivity index (χ3v) is 7.14. The Kier molecular flexibility index (Phi) is 12.9. The number of amides is 1. The van der Waals surface area contributed by atoms with E-state index in [1.807, 2.05) is 30.3 Å². The van der Waals surface area contributed by atoms with Gasteiger partial charge in [-0.05, 0) is 60.7 Å². The minimum atomic E-state index is -0.217. The summed E-state index contributed by atoms with van der Waals surface area (Å²) < 4.78 is 5.84. The summed E-state index contributed by atoms with van der Waals surface area (Å²) in [6.07, 6.45) is 17.0. The normalized spacial score (nSPS) is 11.2. The topological polar surface area (TPSA) is 64.1 Å². The first-order chi connectivity index (χ1) is 18.2. The number of nitrogens with zero attached hydrogens (tertiary/aromatic N) is 2. The van der Waals surface area contributed by atoms with Crippen LogP contribution in [-0.4, -0.2) is 22.7 Å². The van der Waals surface area contributed by atoms with Gasteiger partial charge in [0.1, 0.15) is 10.8 Å². The van der Waals surface area contributed by atoms with Crippen LogP contribution < -0.4 is 10.1 Å². The van der Waals surface area contributed by atoms with E-state index in [9.17, 15) is 4.79 Å². The van der Waals surface area contributed by atoms with Gasteiger partial charge in [0.25, 0.3) is 0 Å². The van der Waals surface area contributed by atoms with Crippen molar-refractivity contribution in [3.05, 3.63) is 65.7 Å². The number of hydrogen-bond acceptors (Lipinski definition) is 5. The van der Waals surface area contributed by atoms with E-state index in [1.54, 1.807) is 0 Å². The maximum absolute atomic E-state index is 12.4. The molecule has 0 saturated heterocycles. The number of aromatic nitrogens is 2. The molecule has 0 fully saturated rings. The van der Waals surface area contributed by atoms with Gasteiger partial charge in [-0.15, -0.1) is 10.2 Å². The quantitative estimate of drug-likeness (QED) is 0.143. The van der Waals surface area contributed by atoms with Crippen molar-refractivity contribution >= 4 is 28.5 Å². The standard InChI is InChI=1S/C31H41N3O2S/c1-3-5-7-9-11-13-25-14-16-26(17-15-25)18-23-29(35)32-31-34-33-30(37-31)27-19-21-28(22-20-27)36-24-12-10-8-6-4-2/h14-23H,3-13,24H2,1-2H3,(H,32,34,35). The molecular formula is C31H41N3O2S. The van der Waals surface area contributed by atoms with Crippen molar-refractivity contribution in [3.8, 4) is 16.3 Å². The van der Waals surface area contributed by atoms with Gasteiger partial charge in [0, 0.05) is 11.6 Å². The van der Waals surface area contributed by atoms with Crippen molar-refractivity contribution in [2.75, 3.05) is 11.9 Å². The van der Waals surface area contributed by atoms with Gasteiger partial charge in [-0.25, -0.2) is 0 Å². The Labute approximate surface area is 226 Å². The Balaban J connectivity index is 1.41. The number of aryl methyl sites for hydroxylation is 1. The summed E-state index contributed by atoms with van der Waals surface area (Å²) in [6, 6.07) is 16.3. The largest absolute Gasteiger partial charge is 0.494 e. The fraction of sp³-hybridized carbons (Fsp3) is 0.452. The third kappa shape index (κ3) is 10.9. The first-order valence-electron chi connectivity index (χ1n) is 13.8. The molecule has 0 aliphatic carbocycles. The molecule has 0 spiro atoms. The molecule has 3 rings (SSSR count). The lowest BCUT2D eigenvalue weighted by molar-refractivity contribution is -0.111. The molecule has 1 amide bonds. The third-order valence-electron chi connectivity index (χ3n) is 6.25. The average molecular weight is 520 g/mol. The highest BCUT2D eigenvalue weighted by atomic mass is 32.1. The number of rotatable bonds is 17. The van der Waals surface area contributed by atoms with Gasteiger partial charge in [-0.3, -0.25) is 10.1 Å². The van der Waals surface area contributed by atoms with E-state index < -0.39 is 0 Å². The summed E-state index contributed by atoms with van der Waals surface area (Å²) in [6.45, 7) is 5.21. The van der Waals surface area contributed by atoms with Gasteiger partial charge in [-0.1, -0.05) is 101 Å². The molecule has 0 bridgehead atoms. The second kappa shape index (κ2) is 16.7. The van der Waals surface area contributed by atoms with Crippen LogP contribution in [0.4, 0.5) is 5.13 Å². The molecular weight excluding hydrogens is 478 g/mol. The number of anilines is 1. The summed E-state index contributed by atoms with van der Waals surface area (Å²) in [5.41, 5.74) is 3.31. The molecule has 1 N–H and O–H groups in total. The summed E-state index contributed by atoms with van der Waals surface area (Å²) in [7, 11) is 0. The first-order valence-corrected chi connectivity index (χ1v) is 14.6. The lowest BCUT2D eigenvalue weighted by atomic mass is 10.0. The second-order valence-corrected chi connectivity index (χ2v) is 10.4. The van der Waals surface area contributed by atoms with Gasteiger partial charge >= 0.3 is 0 Å². The fourth-order valence-electron chi connectivity index (χ4n) is 4.03. The van der Waals surface area contributed by atoms with Crippen molar-refractivity contribution in [2.45, 2.75) is 84.5 Å². The highest BCUT2D eigenvalue weighted by molar-refractivity contribution is 7.18. The monoisotopic (exact) mass is 519 g/mol. The number of hydrogen-bond donors (Lipinski definition) is 1. The molecule has 2 aromatic carbocycles. The molecule has 6 heteroatoms. The van der Waals surface area contributed by atoms with E-state index in [-0.39, 0.29) is 5.91 Å². The molecule has 0 atom stereocenters. The minimum Gasteiger partial charge on any atom is -0.494 e. The van der Waals surface area contributed by atoms with Crippen LogP contribution in [0.15, 0.2) is 54.6 Å². The van der Waals surface area contributed by atoms with Crippen LogP contribution in [-0.2, 0) is 11.2 Å². The first kappa shape index (κ1) is 28.6. The number of carbonyl (C=O) groups is 1. The molecule has 0 saturated carbocycles. The molecule has 0 aliphatic rings. The predicted octanol–water partition coefficient (Wildman–Crippen LogP) is 8.72. The molecule has 0 radical (unpaired) electrons. The van der Waals surface area contributed by atoms with Gasteiger partial charge in [0.15, 0.2) is 0 Å². The van der Waals surface area contributed by atoms with E-state index >= 15 is 0 Å². The van der Waals surface area contributed by atoms with E-state index in [1.165, 1.54) is 80.8 Å². The lowest BCUT2D eigenvalue weighted by Gasteiger charge is -2.06. The van der Waals surface area contributed by atoms with Gasteiger partial charge < -0.3 is 4.74 Å². The molecule has 5 nitrogen and oxygen atoms in total. The van der Waals surface area contributed by atoms with Crippen molar-refractivity contribution in [1.82, 2.24) is 10.2 Å². The van der Waals surface area contributed by atoms with Crippen LogP contribution in [0.2, 0.25) is 0 Å². The molecule has 0 unspecified atom stereocenters. The number of unbranched alkanes of at least 4 members (excludes halogenated alkanes) is 8. The van der Waals surface area contributed by atoms with Gasteiger partial charge in [0.05, 0.1) is 6.61 Å².